The third-order valence-corrected chi connectivity index (χ3v) is 3.09. The van der Waals surface area contributed by atoms with Crippen LogP contribution in [0.3, 0.4) is 0 Å². The largest absolute Gasteiger partial charge is 0.497 e. The number of rotatable bonds is 3. The Morgan fingerprint density at radius 3 is 2.74 bits per heavy atom. The lowest BCUT2D eigenvalue weighted by Crippen LogP contribution is -2.40. The molecule has 19 heavy (non-hydrogen) atoms. The summed E-state index contributed by atoms with van der Waals surface area (Å²) in [7, 11) is 1.61. The summed E-state index contributed by atoms with van der Waals surface area (Å²) >= 11 is 0. The van der Waals surface area contributed by atoms with Crippen molar-refractivity contribution in [1.82, 2.24) is 10.6 Å². The smallest absolute Gasteiger partial charge is 0.256 e. The number of nitrogens with one attached hydrogen (secondary N) is 2. The molecule has 1 aliphatic heterocycles. The number of hydrogen-bond acceptors (Lipinski definition) is 3. The predicted molar refractivity (Wildman–Crippen MR) is 74.2 cm³/mol. The second-order valence-corrected chi connectivity index (χ2v) is 5.01. The fourth-order valence-electron chi connectivity index (χ4n) is 2.02. The maximum absolute atomic E-state index is 12.2. The lowest BCUT2D eigenvalue weighted by Gasteiger charge is -2.22. The van der Waals surface area contributed by atoms with Crippen molar-refractivity contribution in [3.05, 3.63) is 29.8 Å². The van der Waals surface area contributed by atoms with Gasteiger partial charge in [-0.2, -0.15) is 0 Å². The fraction of sp³-hybridized carbons (Fsp3) is 0.429. The van der Waals surface area contributed by atoms with E-state index >= 15 is 0 Å². The summed E-state index contributed by atoms with van der Waals surface area (Å²) < 4.78 is 5.20. The molecular formula is C14H19N3O2. The number of ether oxygens (including phenoxy) is 1. The molecule has 0 aliphatic carbocycles. The highest BCUT2D eigenvalue weighted by Gasteiger charge is 2.42. The van der Waals surface area contributed by atoms with Gasteiger partial charge < -0.3 is 10.1 Å². The zero-order chi connectivity index (χ0) is 14.0. The van der Waals surface area contributed by atoms with Gasteiger partial charge in [0.15, 0.2) is 5.96 Å². The van der Waals surface area contributed by atoms with Crippen LogP contribution in [-0.4, -0.2) is 25.0 Å². The molecule has 2 N–H and O–H groups in total. The second-order valence-electron chi connectivity index (χ2n) is 5.01. The highest BCUT2D eigenvalue weighted by molar-refractivity contribution is 6.09. The van der Waals surface area contributed by atoms with Crippen molar-refractivity contribution in [2.24, 2.45) is 4.99 Å². The summed E-state index contributed by atoms with van der Waals surface area (Å²) in [4.78, 5) is 16.5. The van der Waals surface area contributed by atoms with Crippen LogP contribution < -0.4 is 15.4 Å². The van der Waals surface area contributed by atoms with E-state index in [0.29, 0.717) is 5.96 Å². The number of methoxy groups -OCH3 is 1. The SMILES string of the molecule is COc1cccc(C2(C)NC(=NC(C)C)NC2=O)c1. The predicted octanol–water partition coefficient (Wildman–Crippen LogP) is 1.39. The Hall–Kier alpha value is -2.04. The molecule has 5 heteroatoms. The van der Waals surface area contributed by atoms with Gasteiger partial charge in [-0.15, -0.1) is 0 Å². The molecule has 1 aromatic carbocycles. The van der Waals surface area contributed by atoms with Crippen molar-refractivity contribution in [2.75, 3.05) is 7.11 Å². The zero-order valence-corrected chi connectivity index (χ0v) is 11.7. The first kappa shape index (κ1) is 13.4. The van der Waals surface area contributed by atoms with Crippen LogP contribution in [0.5, 0.6) is 5.75 Å². The quantitative estimate of drug-likeness (QED) is 0.864. The van der Waals surface area contributed by atoms with E-state index in [1.165, 1.54) is 0 Å². The van der Waals surface area contributed by atoms with Crippen LogP contribution in [0.4, 0.5) is 0 Å². The van der Waals surface area contributed by atoms with Gasteiger partial charge in [0.05, 0.1) is 7.11 Å². The fourth-order valence-corrected chi connectivity index (χ4v) is 2.02. The molecular weight excluding hydrogens is 242 g/mol. The standard InChI is InChI=1S/C14H19N3O2/c1-9(2)15-13-16-12(18)14(3,17-13)10-6-5-7-11(8-10)19-4/h5-9H,1-4H3,(H2,15,16,17,18). The first-order valence-corrected chi connectivity index (χ1v) is 6.27. The number of benzene rings is 1. The van der Waals surface area contributed by atoms with Gasteiger partial charge in [0, 0.05) is 6.04 Å². The summed E-state index contributed by atoms with van der Waals surface area (Å²) in [5, 5.41) is 5.92. The molecule has 1 unspecified atom stereocenters. The summed E-state index contributed by atoms with van der Waals surface area (Å²) in [6, 6.07) is 7.59. The Balaban J connectivity index is 2.34. The van der Waals surface area contributed by atoms with Crippen molar-refractivity contribution in [2.45, 2.75) is 32.4 Å². The minimum Gasteiger partial charge on any atom is -0.497 e. The van der Waals surface area contributed by atoms with Crippen LogP contribution in [0.15, 0.2) is 29.3 Å². The molecule has 2 rings (SSSR count). The number of aliphatic imine (C=N–C) groups is 1. The average Bonchev–Trinajstić information content (AvgIpc) is 2.65. The van der Waals surface area contributed by atoms with Gasteiger partial charge in [-0.1, -0.05) is 12.1 Å². The lowest BCUT2D eigenvalue weighted by atomic mass is 9.92. The first-order chi connectivity index (χ1) is 8.95. The second kappa shape index (κ2) is 4.91. The molecule has 1 aromatic rings. The van der Waals surface area contributed by atoms with Crippen LogP contribution in [-0.2, 0) is 10.3 Å². The molecule has 0 bridgehead atoms. The minimum absolute atomic E-state index is 0.111. The van der Waals surface area contributed by atoms with Gasteiger partial charge in [0.1, 0.15) is 11.3 Å². The zero-order valence-electron chi connectivity index (χ0n) is 11.7. The van der Waals surface area contributed by atoms with Gasteiger partial charge in [0.25, 0.3) is 5.91 Å². The van der Waals surface area contributed by atoms with Crippen LogP contribution in [0.1, 0.15) is 26.3 Å². The molecule has 0 spiro atoms. The molecule has 1 saturated heterocycles. The van der Waals surface area contributed by atoms with E-state index in [0.717, 1.165) is 11.3 Å². The van der Waals surface area contributed by atoms with Crippen molar-refractivity contribution in [1.29, 1.82) is 0 Å². The Morgan fingerprint density at radius 1 is 1.37 bits per heavy atom. The lowest BCUT2D eigenvalue weighted by molar-refractivity contribution is -0.123. The van der Waals surface area contributed by atoms with E-state index in [9.17, 15) is 4.79 Å². The van der Waals surface area contributed by atoms with Crippen molar-refractivity contribution in [3.8, 4) is 5.75 Å². The molecule has 1 amide bonds. The Bertz CT molecular complexity index is 525. The molecule has 1 heterocycles. The Morgan fingerprint density at radius 2 is 2.11 bits per heavy atom. The van der Waals surface area contributed by atoms with Gasteiger partial charge >= 0.3 is 0 Å². The minimum atomic E-state index is -0.817. The van der Waals surface area contributed by atoms with Gasteiger partial charge in [-0.05, 0) is 38.5 Å². The highest BCUT2D eigenvalue weighted by atomic mass is 16.5. The van der Waals surface area contributed by atoms with E-state index < -0.39 is 5.54 Å². The Kier molecular flexibility index (Phi) is 3.46. The third-order valence-electron chi connectivity index (χ3n) is 3.09. The molecule has 0 radical (unpaired) electrons. The molecule has 0 aromatic heterocycles. The summed E-state index contributed by atoms with van der Waals surface area (Å²) in [5.41, 5.74) is 0.0285. The number of nitrogens with zero attached hydrogens (tertiary/aromatic N) is 1. The Labute approximate surface area is 113 Å². The summed E-state index contributed by atoms with van der Waals surface area (Å²) in [5.74, 6) is 1.13. The summed E-state index contributed by atoms with van der Waals surface area (Å²) in [6.07, 6.45) is 0. The topological polar surface area (TPSA) is 62.7 Å². The van der Waals surface area contributed by atoms with Gasteiger partial charge in [0.2, 0.25) is 0 Å². The monoisotopic (exact) mass is 261 g/mol. The van der Waals surface area contributed by atoms with E-state index in [1.54, 1.807) is 7.11 Å². The number of amides is 1. The molecule has 5 nitrogen and oxygen atoms in total. The number of hydrogen-bond donors (Lipinski definition) is 2. The average molecular weight is 261 g/mol. The number of guanidine groups is 1. The molecule has 1 aliphatic rings. The highest BCUT2D eigenvalue weighted by Crippen LogP contribution is 2.27. The van der Waals surface area contributed by atoms with Crippen LogP contribution in [0, 0.1) is 0 Å². The molecule has 1 atom stereocenters. The summed E-state index contributed by atoms with van der Waals surface area (Å²) in [6.45, 7) is 5.75. The van der Waals surface area contributed by atoms with Crippen molar-refractivity contribution >= 4 is 11.9 Å². The van der Waals surface area contributed by atoms with Gasteiger partial charge in [-0.3, -0.25) is 15.1 Å². The maximum Gasteiger partial charge on any atom is 0.256 e. The molecule has 1 fully saturated rings. The normalized spacial score (nSPS) is 24.5. The molecule has 0 saturated carbocycles. The molecule has 102 valence electrons. The number of carbonyl (C=O) groups is 1. The van der Waals surface area contributed by atoms with Crippen LogP contribution in [0.2, 0.25) is 0 Å². The van der Waals surface area contributed by atoms with E-state index in [-0.39, 0.29) is 11.9 Å². The van der Waals surface area contributed by atoms with Crippen LogP contribution in [0.25, 0.3) is 0 Å². The van der Waals surface area contributed by atoms with Crippen molar-refractivity contribution < 1.29 is 9.53 Å². The maximum atomic E-state index is 12.2. The van der Waals surface area contributed by atoms with E-state index in [4.69, 9.17) is 4.74 Å². The third kappa shape index (κ3) is 2.54. The number of carbonyl (C=O) groups excluding carboxylic acids is 1. The van der Waals surface area contributed by atoms with Gasteiger partial charge in [-0.25, -0.2) is 0 Å². The first-order valence-electron chi connectivity index (χ1n) is 6.27. The van der Waals surface area contributed by atoms with E-state index in [2.05, 4.69) is 15.6 Å². The van der Waals surface area contributed by atoms with E-state index in [1.807, 2.05) is 45.0 Å². The van der Waals surface area contributed by atoms with Crippen LogP contribution >= 0.6 is 0 Å². The van der Waals surface area contributed by atoms with Crippen molar-refractivity contribution in [3.63, 3.8) is 0 Å².